The number of aliphatic hydroxyl groups excluding tert-OH is 1. The number of phenolic OH excluding ortho intramolecular Hbond substituents is 1. The second-order valence-electron chi connectivity index (χ2n) is 8.75. The van der Waals surface area contributed by atoms with Crippen LogP contribution >= 0.6 is 0 Å². The molecule has 0 saturated heterocycles. The van der Waals surface area contributed by atoms with Crippen molar-refractivity contribution in [1.29, 1.82) is 5.26 Å². The Labute approximate surface area is 214 Å². The molecule has 0 aliphatic rings. The van der Waals surface area contributed by atoms with Gasteiger partial charge in [-0.2, -0.15) is 10.4 Å². The number of carbonyl (C=O) groups excluding carboxylic acids is 1. The lowest BCUT2D eigenvalue weighted by Crippen LogP contribution is -2.16. The van der Waals surface area contributed by atoms with Crippen molar-refractivity contribution in [2.24, 2.45) is 0 Å². The van der Waals surface area contributed by atoms with E-state index in [-0.39, 0.29) is 24.7 Å². The van der Waals surface area contributed by atoms with Crippen molar-refractivity contribution in [3.63, 3.8) is 0 Å². The van der Waals surface area contributed by atoms with Gasteiger partial charge in [0.15, 0.2) is 5.82 Å². The van der Waals surface area contributed by atoms with E-state index in [0.717, 1.165) is 11.1 Å². The summed E-state index contributed by atoms with van der Waals surface area (Å²) in [7, 11) is 0. The molecule has 0 aliphatic carbocycles. The van der Waals surface area contributed by atoms with Gasteiger partial charge in [-0.05, 0) is 61.9 Å². The van der Waals surface area contributed by atoms with E-state index in [9.17, 15) is 20.3 Å². The van der Waals surface area contributed by atoms with Crippen molar-refractivity contribution in [3.05, 3.63) is 60.3 Å². The first-order valence-corrected chi connectivity index (χ1v) is 11.7. The highest BCUT2D eigenvalue weighted by Crippen LogP contribution is 2.34. The number of nitriles is 1. The van der Waals surface area contributed by atoms with Gasteiger partial charge in [0.2, 0.25) is 5.91 Å². The number of benzene rings is 2. The number of aromatic nitrogens is 4. The zero-order chi connectivity index (χ0) is 26.5. The summed E-state index contributed by atoms with van der Waals surface area (Å²) < 4.78 is 1.52. The molecule has 0 fully saturated rings. The predicted octanol–water partition coefficient (Wildman–Crippen LogP) is 3.96. The molecular weight excluding hydrogens is 470 g/mol. The third-order valence-corrected chi connectivity index (χ3v) is 5.37. The van der Waals surface area contributed by atoms with Crippen molar-refractivity contribution in [2.75, 3.05) is 17.2 Å². The van der Waals surface area contributed by atoms with Crippen LogP contribution < -0.4 is 10.6 Å². The van der Waals surface area contributed by atoms with Gasteiger partial charge in [0, 0.05) is 48.1 Å². The number of anilines is 2. The highest BCUT2D eigenvalue weighted by atomic mass is 16.3. The number of aliphatic hydroxyl groups is 1. The van der Waals surface area contributed by atoms with Gasteiger partial charge in [-0.15, -0.1) is 0 Å². The molecule has 0 bridgehead atoms. The minimum Gasteiger partial charge on any atom is -0.508 e. The third kappa shape index (κ3) is 6.28. The number of nitrogens with one attached hydrogen (secondary N) is 2. The van der Waals surface area contributed by atoms with Gasteiger partial charge in [-0.25, -0.2) is 9.97 Å². The number of rotatable bonds is 8. The first-order chi connectivity index (χ1) is 17.7. The lowest BCUT2D eigenvalue weighted by Gasteiger charge is -2.12. The fourth-order valence-electron chi connectivity index (χ4n) is 3.84. The van der Waals surface area contributed by atoms with E-state index in [1.165, 1.54) is 11.6 Å². The summed E-state index contributed by atoms with van der Waals surface area (Å²) in [6, 6.07) is 16.2. The van der Waals surface area contributed by atoms with Gasteiger partial charge in [-0.3, -0.25) is 9.48 Å². The Morgan fingerprint density at radius 1 is 1.14 bits per heavy atom. The van der Waals surface area contributed by atoms with E-state index >= 15 is 0 Å². The molecule has 2 heterocycles. The number of hydrogen-bond donors (Lipinski definition) is 4. The van der Waals surface area contributed by atoms with Crippen molar-refractivity contribution >= 4 is 17.4 Å². The number of amides is 1. The van der Waals surface area contributed by atoms with Gasteiger partial charge in [-0.1, -0.05) is 0 Å². The molecule has 10 heteroatoms. The van der Waals surface area contributed by atoms with Gasteiger partial charge < -0.3 is 20.8 Å². The van der Waals surface area contributed by atoms with Crippen LogP contribution in [0.3, 0.4) is 0 Å². The maximum atomic E-state index is 11.4. The van der Waals surface area contributed by atoms with Crippen molar-refractivity contribution in [3.8, 4) is 45.7 Å². The minimum atomic E-state index is -0.594. The lowest BCUT2D eigenvalue weighted by atomic mass is 10.0. The fourth-order valence-corrected chi connectivity index (χ4v) is 3.84. The minimum absolute atomic E-state index is 0.0421. The molecule has 2 aromatic heterocycles. The molecule has 0 unspecified atom stereocenters. The highest BCUT2D eigenvalue weighted by Gasteiger charge is 2.18. The fraction of sp³-hybridized carbons (Fsp3) is 0.222. The summed E-state index contributed by atoms with van der Waals surface area (Å²) >= 11 is 0. The summed E-state index contributed by atoms with van der Waals surface area (Å²) in [4.78, 5) is 20.8. The Balaban J connectivity index is 1.85. The van der Waals surface area contributed by atoms with E-state index in [0.29, 0.717) is 39.8 Å². The Morgan fingerprint density at radius 3 is 2.54 bits per heavy atom. The van der Waals surface area contributed by atoms with E-state index in [4.69, 9.17) is 4.98 Å². The number of nitrogens with zero attached hydrogens (tertiary/aromatic N) is 5. The number of hydrogen-bond acceptors (Lipinski definition) is 8. The molecule has 0 aliphatic heterocycles. The third-order valence-electron chi connectivity index (χ3n) is 5.37. The first kappa shape index (κ1) is 25.3. The summed E-state index contributed by atoms with van der Waals surface area (Å²) in [5.74, 6) is 0.862. The first-order valence-electron chi connectivity index (χ1n) is 11.7. The van der Waals surface area contributed by atoms with Crippen molar-refractivity contribution in [2.45, 2.75) is 33.4 Å². The summed E-state index contributed by atoms with van der Waals surface area (Å²) in [6.07, 6.45) is 1.14. The molecule has 4 N–H and O–H groups in total. The quantitative estimate of drug-likeness (QED) is 0.286. The Kier molecular flexibility index (Phi) is 7.46. The molecule has 10 nitrogen and oxygen atoms in total. The van der Waals surface area contributed by atoms with Crippen LogP contribution in [0.25, 0.3) is 33.9 Å². The molecule has 37 heavy (non-hydrogen) atoms. The summed E-state index contributed by atoms with van der Waals surface area (Å²) in [5.41, 5.74) is 4.67. The van der Waals surface area contributed by atoms with Crippen LogP contribution in [0.15, 0.2) is 54.7 Å². The number of aromatic hydroxyl groups is 1. The second-order valence-corrected chi connectivity index (χ2v) is 8.75. The van der Waals surface area contributed by atoms with E-state index < -0.39 is 6.10 Å². The molecule has 4 aromatic rings. The summed E-state index contributed by atoms with van der Waals surface area (Å²) in [6.45, 7) is 5.31. The SMILES string of the molecule is CC(=O)Nc1ccc(-c2nc(NC[C@H](C)O)cc(-c3cn(CC#N)nc3-c3cc(C)cc(O)c3)n2)cc1. The van der Waals surface area contributed by atoms with Crippen LogP contribution in [0.5, 0.6) is 5.75 Å². The van der Waals surface area contributed by atoms with Crippen LogP contribution in [0.4, 0.5) is 11.5 Å². The van der Waals surface area contributed by atoms with E-state index in [1.807, 2.05) is 13.0 Å². The van der Waals surface area contributed by atoms with Gasteiger partial charge in [0.25, 0.3) is 0 Å². The zero-order valence-electron chi connectivity index (χ0n) is 20.7. The average Bonchev–Trinajstić information content (AvgIpc) is 3.26. The largest absolute Gasteiger partial charge is 0.508 e. The maximum absolute atomic E-state index is 11.4. The van der Waals surface area contributed by atoms with Crippen molar-refractivity contribution in [1.82, 2.24) is 19.7 Å². The highest BCUT2D eigenvalue weighted by molar-refractivity contribution is 5.89. The predicted molar refractivity (Wildman–Crippen MR) is 141 cm³/mol. The van der Waals surface area contributed by atoms with Gasteiger partial charge in [0.05, 0.1) is 17.9 Å². The monoisotopic (exact) mass is 497 g/mol. The van der Waals surface area contributed by atoms with Crippen molar-refractivity contribution < 1.29 is 15.0 Å². The molecule has 0 saturated carbocycles. The Bertz CT molecular complexity index is 1450. The topological polar surface area (TPSA) is 149 Å². The Hall–Kier alpha value is -4.75. The molecule has 4 rings (SSSR count). The smallest absolute Gasteiger partial charge is 0.221 e. The second kappa shape index (κ2) is 10.9. The molecule has 0 radical (unpaired) electrons. The number of aryl methyl sites for hydroxylation is 1. The van der Waals surface area contributed by atoms with Crippen LogP contribution in [-0.2, 0) is 11.3 Å². The van der Waals surface area contributed by atoms with Crippen LogP contribution in [0.1, 0.15) is 19.4 Å². The molecule has 188 valence electrons. The lowest BCUT2D eigenvalue weighted by molar-refractivity contribution is -0.114. The molecule has 1 amide bonds. The van der Waals surface area contributed by atoms with Crippen LogP contribution in [-0.4, -0.2) is 48.5 Å². The number of carbonyl (C=O) groups is 1. The molecule has 1 atom stereocenters. The normalized spacial score (nSPS) is 11.5. The molecular formula is C27H27N7O3. The molecule has 2 aromatic carbocycles. The van der Waals surface area contributed by atoms with Crippen LogP contribution in [0.2, 0.25) is 0 Å². The van der Waals surface area contributed by atoms with Crippen LogP contribution in [0, 0.1) is 18.3 Å². The maximum Gasteiger partial charge on any atom is 0.221 e. The number of phenols is 1. The molecule has 0 spiro atoms. The van der Waals surface area contributed by atoms with E-state index in [2.05, 4.69) is 26.8 Å². The van der Waals surface area contributed by atoms with Gasteiger partial charge >= 0.3 is 0 Å². The Morgan fingerprint density at radius 2 is 1.89 bits per heavy atom. The van der Waals surface area contributed by atoms with Gasteiger partial charge in [0.1, 0.15) is 23.8 Å². The summed E-state index contributed by atoms with van der Waals surface area (Å²) in [5, 5.41) is 39.7. The standard InChI is InChI=1S/C27H27N7O3/c1-16-10-20(12-22(37)11-16)26-23(15-34(33-26)9-8-28)24-13-25(29-14-17(2)35)32-27(31-24)19-4-6-21(7-5-19)30-18(3)36/h4-7,10-13,15,17,35,37H,9,14H2,1-3H3,(H,30,36)(H,29,31,32)/t17-/m0/s1. The average molecular weight is 498 g/mol. The zero-order valence-corrected chi connectivity index (χ0v) is 20.7. The van der Waals surface area contributed by atoms with E-state index in [1.54, 1.807) is 55.6 Å².